The second kappa shape index (κ2) is 7.33. The predicted octanol–water partition coefficient (Wildman–Crippen LogP) is 3.86. The average molecular weight is 380 g/mol. The Bertz CT molecular complexity index is 865. The molecule has 1 aromatic heterocycles. The molecule has 0 fully saturated rings. The van der Waals surface area contributed by atoms with Gasteiger partial charge in [-0.25, -0.2) is 9.18 Å². The molecule has 25 heavy (non-hydrogen) atoms. The molecule has 0 bridgehead atoms. The molecule has 1 aliphatic heterocycles. The Hall–Kier alpha value is -2.25. The van der Waals surface area contributed by atoms with Gasteiger partial charge < -0.3 is 10.1 Å². The van der Waals surface area contributed by atoms with Crippen LogP contribution in [0.3, 0.4) is 0 Å². The van der Waals surface area contributed by atoms with Crippen LogP contribution in [0, 0.1) is 5.82 Å². The van der Waals surface area contributed by atoms with Gasteiger partial charge >= 0.3 is 5.97 Å². The monoisotopic (exact) mass is 379 g/mol. The lowest BCUT2D eigenvalue weighted by Crippen LogP contribution is -2.32. The quantitative estimate of drug-likeness (QED) is 0.819. The standard InChI is InChI=1S/C17H15ClFN3O2S/c1-3-24-17(23)14-9(2)21-16(13-7-20-8-25-13)22-15(14)11-5-4-10(19)6-12(11)18/h4-8,15H,3H2,1-2H3,(H,21,22)/t15-/m0/s1. The molecule has 0 radical (unpaired) electrons. The predicted molar refractivity (Wildman–Crippen MR) is 95.3 cm³/mol. The molecule has 1 N–H and O–H groups in total. The maximum Gasteiger partial charge on any atom is 0.338 e. The summed E-state index contributed by atoms with van der Waals surface area (Å²) in [6.45, 7) is 3.74. The first-order valence-electron chi connectivity index (χ1n) is 7.57. The van der Waals surface area contributed by atoms with E-state index in [1.54, 1.807) is 25.6 Å². The van der Waals surface area contributed by atoms with Gasteiger partial charge in [0.15, 0.2) is 0 Å². The van der Waals surface area contributed by atoms with Crippen molar-refractivity contribution in [2.75, 3.05) is 6.61 Å². The summed E-state index contributed by atoms with van der Waals surface area (Å²) >= 11 is 7.64. The topological polar surface area (TPSA) is 63.6 Å². The Morgan fingerprint density at radius 2 is 2.28 bits per heavy atom. The van der Waals surface area contributed by atoms with Crippen molar-refractivity contribution < 1.29 is 13.9 Å². The van der Waals surface area contributed by atoms with Gasteiger partial charge in [-0.3, -0.25) is 9.98 Å². The van der Waals surface area contributed by atoms with E-state index in [2.05, 4.69) is 15.3 Å². The van der Waals surface area contributed by atoms with Gasteiger partial charge in [-0.05, 0) is 26.0 Å². The summed E-state index contributed by atoms with van der Waals surface area (Å²) in [6, 6.07) is 3.35. The smallest absolute Gasteiger partial charge is 0.338 e. The maximum absolute atomic E-state index is 13.4. The molecule has 0 amide bonds. The number of allylic oxidation sites excluding steroid dienone is 1. The Morgan fingerprint density at radius 3 is 2.92 bits per heavy atom. The van der Waals surface area contributed by atoms with Crippen molar-refractivity contribution >= 4 is 34.7 Å². The van der Waals surface area contributed by atoms with Crippen molar-refractivity contribution in [3.8, 4) is 0 Å². The molecule has 1 aromatic carbocycles. The summed E-state index contributed by atoms with van der Waals surface area (Å²) in [4.78, 5) is 21.9. The number of carbonyl (C=O) groups excluding carboxylic acids is 1. The molecule has 1 aliphatic rings. The number of halogens is 2. The number of ether oxygens (including phenoxy) is 1. The minimum atomic E-state index is -0.689. The normalized spacial score (nSPS) is 17.1. The molecule has 0 unspecified atom stereocenters. The van der Waals surface area contributed by atoms with E-state index in [1.807, 2.05) is 0 Å². The molecule has 8 heteroatoms. The van der Waals surface area contributed by atoms with Crippen molar-refractivity contribution in [2.45, 2.75) is 19.9 Å². The fourth-order valence-electron chi connectivity index (χ4n) is 2.56. The van der Waals surface area contributed by atoms with Crippen LogP contribution in [0.4, 0.5) is 4.39 Å². The van der Waals surface area contributed by atoms with E-state index >= 15 is 0 Å². The van der Waals surface area contributed by atoms with E-state index in [0.29, 0.717) is 22.7 Å². The summed E-state index contributed by atoms with van der Waals surface area (Å²) in [5, 5.41) is 3.32. The van der Waals surface area contributed by atoms with Crippen molar-refractivity contribution in [2.24, 2.45) is 4.99 Å². The van der Waals surface area contributed by atoms with Gasteiger partial charge in [0.05, 0.1) is 22.6 Å². The van der Waals surface area contributed by atoms with E-state index in [-0.39, 0.29) is 11.6 Å². The number of nitrogens with one attached hydrogen (secondary N) is 1. The first kappa shape index (κ1) is 17.6. The number of carbonyl (C=O) groups is 1. The summed E-state index contributed by atoms with van der Waals surface area (Å²) in [7, 11) is 0. The van der Waals surface area contributed by atoms with Crippen LogP contribution in [0.15, 0.2) is 46.2 Å². The number of amidine groups is 1. The lowest BCUT2D eigenvalue weighted by molar-refractivity contribution is -0.138. The van der Waals surface area contributed by atoms with Crippen LogP contribution < -0.4 is 5.32 Å². The van der Waals surface area contributed by atoms with Crippen LogP contribution in [0.5, 0.6) is 0 Å². The summed E-state index contributed by atoms with van der Waals surface area (Å²) in [6.07, 6.45) is 1.68. The molecule has 2 heterocycles. The van der Waals surface area contributed by atoms with Crippen LogP contribution in [0.2, 0.25) is 5.02 Å². The number of esters is 1. The fraction of sp³-hybridized carbons (Fsp3) is 0.235. The Kier molecular flexibility index (Phi) is 5.15. The lowest BCUT2D eigenvalue weighted by Gasteiger charge is -2.26. The minimum Gasteiger partial charge on any atom is -0.463 e. The van der Waals surface area contributed by atoms with Crippen LogP contribution in [-0.2, 0) is 9.53 Å². The van der Waals surface area contributed by atoms with Gasteiger partial charge in [-0.15, -0.1) is 11.3 Å². The van der Waals surface area contributed by atoms with E-state index in [1.165, 1.54) is 29.5 Å². The zero-order chi connectivity index (χ0) is 18.0. The number of nitrogens with zero attached hydrogens (tertiary/aromatic N) is 2. The SMILES string of the molecule is CCOC(=O)C1=C(C)NC(c2cncs2)=N[C@H]1c1ccc(F)cc1Cl. The van der Waals surface area contributed by atoms with Gasteiger partial charge in [-0.1, -0.05) is 17.7 Å². The average Bonchev–Trinajstić information content (AvgIpc) is 3.08. The number of thiazole rings is 1. The summed E-state index contributed by atoms with van der Waals surface area (Å²) in [5.41, 5.74) is 3.19. The first-order chi connectivity index (χ1) is 12.0. The third kappa shape index (κ3) is 3.57. The molecule has 0 saturated heterocycles. The van der Waals surface area contributed by atoms with Crippen LogP contribution in [0.25, 0.3) is 0 Å². The van der Waals surface area contributed by atoms with Gasteiger partial charge in [0.1, 0.15) is 17.7 Å². The summed E-state index contributed by atoms with van der Waals surface area (Å²) in [5.74, 6) is -0.351. The van der Waals surface area contributed by atoms with Crippen LogP contribution in [-0.4, -0.2) is 23.4 Å². The molecular formula is C17H15ClFN3O2S. The van der Waals surface area contributed by atoms with Crippen molar-refractivity contribution in [1.29, 1.82) is 0 Å². The van der Waals surface area contributed by atoms with Gasteiger partial charge in [0, 0.05) is 22.5 Å². The highest BCUT2D eigenvalue weighted by Gasteiger charge is 2.32. The highest BCUT2D eigenvalue weighted by atomic mass is 35.5. The Balaban J connectivity index is 2.11. The lowest BCUT2D eigenvalue weighted by atomic mass is 9.96. The van der Waals surface area contributed by atoms with E-state index in [0.717, 1.165) is 4.88 Å². The number of hydrogen-bond donors (Lipinski definition) is 1. The number of benzene rings is 1. The third-order valence-electron chi connectivity index (χ3n) is 3.66. The molecule has 0 saturated carbocycles. The molecular weight excluding hydrogens is 365 g/mol. The number of hydrogen-bond acceptors (Lipinski definition) is 6. The van der Waals surface area contributed by atoms with Gasteiger partial charge in [0.2, 0.25) is 0 Å². The van der Waals surface area contributed by atoms with E-state index in [4.69, 9.17) is 16.3 Å². The zero-order valence-electron chi connectivity index (χ0n) is 13.5. The Labute approximate surface area is 153 Å². The van der Waals surface area contributed by atoms with Crippen molar-refractivity contribution in [1.82, 2.24) is 10.3 Å². The zero-order valence-corrected chi connectivity index (χ0v) is 15.1. The Morgan fingerprint density at radius 1 is 1.48 bits per heavy atom. The number of rotatable bonds is 4. The second-order valence-corrected chi connectivity index (χ2v) is 6.59. The molecule has 3 rings (SSSR count). The van der Waals surface area contributed by atoms with Crippen LogP contribution in [0.1, 0.15) is 30.3 Å². The summed E-state index contributed by atoms with van der Waals surface area (Å²) < 4.78 is 18.6. The maximum atomic E-state index is 13.4. The first-order valence-corrected chi connectivity index (χ1v) is 8.83. The second-order valence-electron chi connectivity index (χ2n) is 5.30. The molecule has 0 aliphatic carbocycles. The van der Waals surface area contributed by atoms with Gasteiger partial charge in [0.25, 0.3) is 0 Å². The van der Waals surface area contributed by atoms with Crippen molar-refractivity contribution in [3.63, 3.8) is 0 Å². The van der Waals surface area contributed by atoms with E-state index < -0.39 is 17.8 Å². The van der Waals surface area contributed by atoms with Gasteiger partial charge in [-0.2, -0.15) is 0 Å². The molecule has 1 atom stereocenters. The number of aromatic nitrogens is 1. The highest BCUT2D eigenvalue weighted by Crippen LogP contribution is 2.36. The molecule has 0 spiro atoms. The largest absolute Gasteiger partial charge is 0.463 e. The minimum absolute atomic E-state index is 0.203. The highest BCUT2D eigenvalue weighted by molar-refractivity contribution is 7.11. The van der Waals surface area contributed by atoms with Crippen molar-refractivity contribution in [3.05, 3.63) is 62.5 Å². The number of aliphatic imine (C=N–C) groups is 1. The molecule has 5 nitrogen and oxygen atoms in total. The van der Waals surface area contributed by atoms with E-state index in [9.17, 15) is 9.18 Å². The molecule has 2 aromatic rings. The molecule has 130 valence electrons. The third-order valence-corrected chi connectivity index (χ3v) is 4.77. The van der Waals surface area contributed by atoms with Crippen LogP contribution >= 0.6 is 22.9 Å². The fourth-order valence-corrected chi connectivity index (χ4v) is 3.40.